The SMILES string of the molecule is Cc1ccccc1Cc1nc([C@H]2CCOC2)nn1CCO. The monoisotopic (exact) mass is 287 g/mol. The Labute approximate surface area is 124 Å². The van der Waals surface area contributed by atoms with Gasteiger partial charge in [0.1, 0.15) is 5.82 Å². The molecule has 5 nitrogen and oxygen atoms in total. The van der Waals surface area contributed by atoms with E-state index in [-0.39, 0.29) is 6.61 Å². The van der Waals surface area contributed by atoms with Crippen LogP contribution in [0.25, 0.3) is 0 Å². The van der Waals surface area contributed by atoms with E-state index in [2.05, 4.69) is 24.2 Å². The number of ether oxygens (including phenoxy) is 1. The third kappa shape index (κ3) is 3.14. The summed E-state index contributed by atoms with van der Waals surface area (Å²) in [5.74, 6) is 2.06. The number of rotatable bonds is 5. The molecule has 1 N–H and O–H groups in total. The van der Waals surface area contributed by atoms with Crippen LogP contribution >= 0.6 is 0 Å². The van der Waals surface area contributed by atoms with Gasteiger partial charge >= 0.3 is 0 Å². The van der Waals surface area contributed by atoms with Crippen LogP contribution in [-0.4, -0.2) is 39.7 Å². The number of aromatic nitrogens is 3. The van der Waals surface area contributed by atoms with Crippen LogP contribution in [0.15, 0.2) is 24.3 Å². The molecule has 1 aliphatic rings. The Bertz CT molecular complexity index is 603. The maximum atomic E-state index is 9.23. The highest BCUT2D eigenvalue weighted by molar-refractivity contribution is 5.28. The molecule has 1 fully saturated rings. The number of aliphatic hydroxyl groups excluding tert-OH is 1. The molecule has 0 saturated carbocycles. The lowest BCUT2D eigenvalue weighted by molar-refractivity contribution is 0.193. The van der Waals surface area contributed by atoms with Gasteiger partial charge in [-0.2, -0.15) is 5.10 Å². The van der Waals surface area contributed by atoms with Crippen LogP contribution in [0.2, 0.25) is 0 Å². The van der Waals surface area contributed by atoms with Gasteiger partial charge in [-0.15, -0.1) is 0 Å². The van der Waals surface area contributed by atoms with Gasteiger partial charge in [0.15, 0.2) is 5.82 Å². The van der Waals surface area contributed by atoms with Gasteiger partial charge in [0.2, 0.25) is 0 Å². The fourth-order valence-corrected chi connectivity index (χ4v) is 2.69. The van der Waals surface area contributed by atoms with Crippen LogP contribution in [0.3, 0.4) is 0 Å². The zero-order valence-electron chi connectivity index (χ0n) is 12.3. The van der Waals surface area contributed by atoms with E-state index in [4.69, 9.17) is 9.72 Å². The van der Waals surface area contributed by atoms with Gasteiger partial charge < -0.3 is 9.84 Å². The lowest BCUT2D eigenvalue weighted by atomic mass is 10.1. The second-order valence-corrected chi connectivity index (χ2v) is 5.50. The quantitative estimate of drug-likeness (QED) is 0.909. The minimum absolute atomic E-state index is 0.0741. The lowest BCUT2D eigenvalue weighted by Gasteiger charge is -2.06. The number of aliphatic hydroxyl groups is 1. The topological polar surface area (TPSA) is 60.2 Å². The molecule has 112 valence electrons. The number of nitrogens with zero attached hydrogens (tertiary/aromatic N) is 3. The number of hydrogen-bond acceptors (Lipinski definition) is 4. The van der Waals surface area contributed by atoms with E-state index in [0.717, 1.165) is 31.1 Å². The van der Waals surface area contributed by atoms with Crippen molar-refractivity contribution in [1.82, 2.24) is 14.8 Å². The highest BCUT2D eigenvalue weighted by atomic mass is 16.5. The van der Waals surface area contributed by atoms with Gasteiger partial charge in [-0.05, 0) is 24.5 Å². The normalized spacial score (nSPS) is 18.3. The molecule has 0 spiro atoms. The first-order valence-corrected chi connectivity index (χ1v) is 7.44. The molecule has 1 saturated heterocycles. The van der Waals surface area contributed by atoms with Crippen molar-refractivity contribution in [3.8, 4) is 0 Å². The van der Waals surface area contributed by atoms with Crippen LogP contribution in [0.5, 0.6) is 0 Å². The van der Waals surface area contributed by atoms with Crippen LogP contribution in [-0.2, 0) is 17.7 Å². The molecule has 0 radical (unpaired) electrons. The zero-order chi connectivity index (χ0) is 14.7. The van der Waals surface area contributed by atoms with Crippen molar-refractivity contribution in [2.24, 2.45) is 0 Å². The Balaban J connectivity index is 1.87. The average molecular weight is 287 g/mol. The molecule has 0 aliphatic carbocycles. The number of aryl methyl sites for hydroxylation is 1. The number of benzene rings is 1. The van der Waals surface area contributed by atoms with E-state index in [1.165, 1.54) is 11.1 Å². The molecule has 5 heteroatoms. The second-order valence-electron chi connectivity index (χ2n) is 5.50. The summed E-state index contributed by atoms with van der Waals surface area (Å²) in [5, 5.41) is 13.8. The second kappa shape index (κ2) is 6.37. The van der Waals surface area contributed by atoms with Gasteiger partial charge in [0.05, 0.1) is 19.8 Å². The fraction of sp³-hybridized carbons (Fsp3) is 0.500. The summed E-state index contributed by atoms with van der Waals surface area (Å²) in [6.45, 7) is 4.15. The first kappa shape index (κ1) is 14.2. The molecule has 21 heavy (non-hydrogen) atoms. The highest BCUT2D eigenvalue weighted by Gasteiger charge is 2.23. The third-order valence-electron chi connectivity index (χ3n) is 3.98. The van der Waals surface area contributed by atoms with Gasteiger partial charge in [-0.3, -0.25) is 0 Å². The van der Waals surface area contributed by atoms with E-state index in [9.17, 15) is 5.11 Å². The summed E-state index contributed by atoms with van der Waals surface area (Å²) < 4.78 is 7.25. The van der Waals surface area contributed by atoms with E-state index in [1.54, 1.807) is 0 Å². The van der Waals surface area contributed by atoms with Gasteiger partial charge in [-0.25, -0.2) is 9.67 Å². The molecule has 0 amide bonds. The largest absolute Gasteiger partial charge is 0.394 e. The van der Waals surface area contributed by atoms with Crippen LogP contribution in [0.4, 0.5) is 0 Å². The van der Waals surface area contributed by atoms with Crippen LogP contribution < -0.4 is 0 Å². The van der Waals surface area contributed by atoms with Crippen molar-refractivity contribution in [3.05, 3.63) is 47.0 Å². The molecule has 0 bridgehead atoms. The Morgan fingerprint density at radius 2 is 2.24 bits per heavy atom. The Morgan fingerprint density at radius 1 is 1.38 bits per heavy atom. The van der Waals surface area contributed by atoms with E-state index < -0.39 is 0 Å². The van der Waals surface area contributed by atoms with Crippen molar-refractivity contribution in [1.29, 1.82) is 0 Å². The Morgan fingerprint density at radius 3 is 2.95 bits per heavy atom. The predicted molar refractivity (Wildman–Crippen MR) is 79.3 cm³/mol. The van der Waals surface area contributed by atoms with E-state index in [0.29, 0.717) is 19.1 Å². The first-order chi connectivity index (χ1) is 10.3. The van der Waals surface area contributed by atoms with Gasteiger partial charge in [0, 0.05) is 18.9 Å². The summed E-state index contributed by atoms with van der Waals surface area (Å²) in [7, 11) is 0. The summed E-state index contributed by atoms with van der Waals surface area (Å²) >= 11 is 0. The molecular formula is C16H21N3O2. The number of hydrogen-bond donors (Lipinski definition) is 1. The van der Waals surface area contributed by atoms with Gasteiger partial charge in [-0.1, -0.05) is 24.3 Å². The molecule has 1 aromatic heterocycles. The lowest BCUT2D eigenvalue weighted by Crippen LogP contribution is -2.10. The minimum Gasteiger partial charge on any atom is -0.394 e. The Kier molecular flexibility index (Phi) is 4.31. The fourth-order valence-electron chi connectivity index (χ4n) is 2.69. The molecule has 0 unspecified atom stereocenters. The zero-order valence-corrected chi connectivity index (χ0v) is 12.3. The van der Waals surface area contributed by atoms with Crippen molar-refractivity contribution < 1.29 is 9.84 Å². The van der Waals surface area contributed by atoms with Crippen molar-refractivity contribution in [2.75, 3.05) is 19.8 Å². The molecule has 3 rings (SSSR count). The Hall–Kier alpha value is -1.72. The minimum atomic E-state index is 0.0741. The van der Waals surface area contributed by atoms with Crippen molar-refractivity contribution in [2.45, 2.75) is 32.2 Å². The van der Waals surface area contributed by atoms with Gasteiger partial charge in [0.25, 0.3) is 0 Å². The average Bonchev–Trinajstić information content (AvgIpc) is 3.12. The first-order valence-electron chi connectivity index (χ1n) is 7.44. The van der Waals surface area contributed by atoms with E-state index in [1.807, 2.05) is 16.8 Å². The van der Waals surface area contributed by atoms with Crippen molar-refractivity contribution in [3.63, 3.8) is 0 Å². The highest BCUT2D eigenvalue weighted by Crippen LogP contribution is 2.23. The molecule has 1 aliphatic heterocycles. The smallest absolute Gasteiger partial charge is 0.156 e. The summed E-state index contributed by atoms with van der Waals surface area (Å²) in [5.41, 5.74) is 2.50. The maximum absolute atomic E-state index is 9.23. The third-order valence-corrected chi connectivity index (χ3v) is 3.98. The van der Waals surface area contributed by atoms with Crippen molar-refractivity contribution >= 4 is 0 Å². The summed E-state index contributed by atoms with van der Waals surface area (Å²) in [6.07, 6.45) is 1.72. The molecule has 1 atom stereocenters. The van der Waals surface area contributed by atoms with Crippen LogP contribution in [0, 0.1) is 6.92 Å². The standard InChI is InChI=1S/C16H21N3O2/c1-12-4-2-3-5-13(12)10-15-17-16(14-6-9-21-11-14)18-19(15)7-8-20/h2-5,14,20H,6-11H2,1H3/t14-/m0/s1. The van der Waals surface area contributed by atoms with Crippen LogP contribution in [0.1, 0.15) is 35.1 Å². The maximum Gasteiger partial charge on any atom is 0.156 e. The summed E-state index contributed by atoms with van der Waals surface area (Å²) in [6, 6.07) is 8.30. The molecule has 2 heterocycles. The molecule has 2 aromatic rings. The molecule has 1 aromatic carbocycles. The summed E-state index contributed by atoms with van der Waals surface area (Å²) in [4.78, 5) is 4.71. The van der Waals surface area contributed by atoms with E-state index >= 15 is 0 Å². The predicted octanol–water partition coefficient (Wildman–Crippen LogP) is 1.67. The molecular weight excluding hydrogens is 266 g/mol.